The molecule has 100 valence electrons. The largest absolute Gasteiger partial charge is 0.466 e. The molecule has 1 amide bonds. The van der Waals surface area contributed by atoms with Gasteiger partial charge in [0.2, 0.25) is 5.91 Å². The smallest absolute Gasteiger partial charge is 0.224 e. The number of rotatable bonds is 4. The summed E-state index contributed by atoms with van der Waals surface area (Å²) in [5, 5.41) is 3.73. The van der Waals surface area contributed by atoms with Gasteiger partial charge in [0.15, 0.2) is 0 Å². The Morgan fingerprint density at radius 3 is 2.47 bits per heavy atom. The van der Waals surface area contributed by atoms with Crippen LogP contribution >= 0.6 is 23.2 Å². The summed E-state index contributed by atoms with van der Waals surface area (Å²) in [4.78, 5) is 11.8. The van der Waals surface area contributed by atoms with Gasteiger partial charge in [-0.25, -0.2) is 0 Å². The third kappa shape index (κ3) is 4.30. The first kappa shape index (κ1) is 14.0. The first-order valence-corrected chi connectivity index (χ1v) is 6.60. The molecule has 1 aromatic heterocycles. The lowest BCUT2D eigenvalue weighted by atomic mass is 10.2. The molecule has 0 saturated carbocycles. The standard InChI is InChI=1S/C14H13Cl2NO2/c1-9-2-3-13(19-9)4-5-14(18)17-12-7-10(15)6-11(16)8-12/h2-3,6-8H,4-5H2,1H3,(H,17,18). The normalized spacial score (nSPS) is 10.5. The monoisotopic (exact) mass is 297 g/mol. The Kier molecular flexibility index (Phi) is 4.51. The summed E-state index contributed by atoms with van der Waals surface area (Å²) in [5.74, 6) is 1.54. The number of nitrogens with one attached hydrogen (secondary N) is 1. The fraction of sp³-hybridized carbons (Fsp3) is 0.214. The van der Waals surface area contributed by atoms with Crippen LogP contribution in [0.15, 0.2) is 34.7 Å². The number of carbonyl (C=O) groups is 1. The number of aryl methyl sites for hydroxylation is 2. The molecule has 0 radical (unpaired) electrons. The molecule has 0 fully saturated rings. The number of hydrogen-bond acceptors (Lipinski definition) is 2. The van der Waals surface area contributed by atoms with Gasteiger partial charge in [-0.1, -0.05) is 23.2 Å². The molecule has 3 nitrogen and oxygen atoms in total. The summed E-state index contributed by atoms with van der Waals surface area (Å²) < 4.78 is 5.40. The van der Waals surface area contributed by atoms with E-state index in [0.29, 0.717) is 28.6 Å². The highest BCUT2D eigenvalue weighted by Gasteiger charge is 2.06. The molecule has 5 heteroatoms. The molecule has 0 unspecified atom stereocenters. The second kappa shape index (κ2) is 6.13. The number of furan rings is 1. The van der Waals surface area contributed by atoms with E-state index in [1.165, 1.54) is 0 Å². The zero-order valence-corrected chi connectivity index (χ0v) is 11.9. The molecule has 0 aliphatic carbocycles. The van der Waals surface area contributed by atoms with Crippen LogP contribution < -0.4 is 5.32 Å². The second-order valence-corrected chi connectivity index (χ2v) is 5.09. The molecule has 0 saturated heterocycles. The van der Waals surface area contributed by atoms with Crippen molar-refractivity contribution in [3.05, 3.63) is 51.9 Å². The van der Waals surface area contributed by atoms with E-state index in [2.05, 4.69) is 5.32 Å². The molecular formula is C14H13Cl2NO2. The molecule has 0 aliphatic heterocycles. The predicted octanol–water partition coefficient (Wildman–Crippen LogP) is 4.47. The Morgan fingerprint density at radius 1 is 1.21 bits per heavy atom. The van der Waals surface area contributed by atoms with Crippen molar-refractivity contribution >= 4 is 34.8 Å². The Labute approximate surface area is 121 Å². The van der Waals surface area contributed by atoms with E-state index in [1.54, 1.807) is 18.2 Å². The van der Waals surface area contributed by atoms with Gasteiger partial charge in [0.05, 0.1) is 0 Å². The Morgan fingerprint density at radius 2 is 1.89 bits per heavy atom. The Bertz CT molecular complexity index is 573. The number of amides is 1. The molecule has 19 heavy (non-hydrogen) atoms. The van der Waals surface area contributed by atoms with Crippen LogP contribution in [0.4, 0.5) is 5.69 Å². The average Bonchev–Trinajstić information content (AvgIpc) is 2.71. The summed E-state index contributed by atoms with van der Waals surface area (Å²) >= 11 is 11.7. The van der Waals surface area contributed by atoms with Crippen LogP contribution in [-0.4, -0.2) is 5.91 Å². The van der Waals surface area contributed by atoms with Crippen molar-refractivity contribution in [1.82, 2.24) is 0 Å². The van der Waals surface area contributed by atoms with Gasteiger partial charge >= 0.3 is 0 Å². The van der Waals surface area contributed by atoms with E-state index in [4.69, 9.17) is 27.6 Å². The third-order valence-electron chi connectivity index (χ3n) is 2.54. The number of carbonyl (C=O) groups excluding carboxylic acids is 1. The van der Waals surface area contributed by atoms with Crippen molar-refractivity contribution in [3.63, 3.8) is 0 Å². The van der Waals surface area contributed by atoms with E-state index in [0.717, 1.165) is 11.5 Å². The summed E-state index contributed by atoms with van der Waals surface area (Å²) in [7, 11) is 0. The van der Waals surface area contributed by atoms with Crippen LogP contribution in [-0.2, 0) is 11.2 Å². The van der Waals surface area contributed by atoms with Crippen molar-refractivity contribution in [3.8, 4) is 0 Å². The van der Waals surface area contributed by atoms with E-state index >= 15 is 0 Å². The molecule has 1 aromatic carbocycles. The Balaban J connectivity index is 1.90. The molecule has 1 N–H and O–H groups in total. The van der Waals surface area contributed by atoms with Crippen molar-refractivity contribution in [1.29, 1.82) is 0 Å². The lowest BCUT2D eigenvalue weighted by molar-refractivity contribution is -0.116. The zero-order chi connectivity index (χ0) is 13.8. The maximum atomic E-state index is 11.8. The van der Waals surface area contributed by atoms with E-state index in [1.807, 2.05) is 19.1 Å². The Hall–Kier alpha value is -1.45. The van der Waals surface area contributed by atoms with Crippen LogP contribution in [0.25, 0.3) is 0 Å². The molecule has 0 atom stereocenters. The zero-order valence-electron chi connectivity index (χ0n) is 10.4. The topological polar surface area (TPSA) is 42.2 Å². The molecule has 0 bridgehead atoms. The first-order valence-electron chi connectivity index (χ1n) is 5.84. The molecule has 2 rings (SSSR count). The lowest BCUT2D eigenvalue weighted by Gasteiger charge is -2.05. The summed E-state index contributed by atoms with van der Waals surface area (Å²) in [5.41, 5.74) is 0.595. The van der Waals surface area contributed by atoms with Crippen molar-refractivity contribution in [2.75, 3.05) is 5.32 Å². The summed E-state index contributed by atoms with van der Waals surface area (Å²) in [6.45, 7) is 1.87. The summed E-state index contributed by atoms with van der Waals surface area (Å²) in [6, 6.07) is 8.68. The van der Waals surface area contributed by atoms with Crippen molar-refractivity contribution in [2.24, 2.45) is 0 Å². The van der Waals surface area contributed by atoms with Gasteiger partial charge < -0.3 is 9.73 Å². The quantitative estimate of drug-likeness (QED) is 0.905. The highest BCUT2D eigenvalue weighted by molar-refractivity contribution is 6.35. The van der Waals surface area contributed by atoms with Crippen LogP contribution in [0.1, 0.15) is 17.9 Å². The molecule has 0 spiro atoms. The SMILES string of the molecule is Cc1ccc(CCC(=O)Nc2cc(Cl)cc(Cl)c2)o1. The van der Waals surface area contributed by atoms with Gasteiger partial charge in [0.1, 0.15) is 11.5 Å². The van der Waals surface area contributed by atoms with Crippen LogP contribution in [0, 0.1) is 6.92 Å². The molecule has 0 aliphatic rings. The molecule has 1 heterocycles. The highest BCUT2D eigenvalue weighted by Crippen LogP contribution is 2.22. The highest BCUT2D eigenvalue weighted by atomic mass is 35.5. The van der Waals surface area contributed by atoms with Gasteiger partial charge in [0, 0.05) is 28.6 Å². The van der Waals surface area contributed by atoms with Crippen molar-refractivity contribution < 1.29 is 9.21 Å². The summed E-state index contributed by atoms with van der Waals surface area (Å²) in [6.07, 6.45) is 0.908. The molecular weight excluding hydrogens is 285 g/mol. The number of hydrogen-bond donors (Lipinski definition) is 1. The van der Waals surface area contributed by atoms with E-state index < -0.39 is 0 Å². The lowest BCUT2D eigenvalue weighted by Crippen LogP contribution is -2.12. The minimum absolute atomic E-state index is 0.104. The first-order chi connectivity index (χ1) is 9.02. The van der Waals surface area contributed by atoms with Crippen LogP contribution in [0.5, 0.6) is 0 Å². The third-order valence-corrected chi connectivity index (χ3v) is 2.98. The predicted molar refractivity (Wildman–Crippen MR) is 76.9 cm³/mol. The van der Waals surface area contributed by atoms with Crippen LogP contribution in [0.3, 0.4) is 0 Å². The second-order valence-electron chi connectivity index (χ2n) is 4.22. The van der Waals surface area contributed by atoms with E-state index in [-0.39, 0.29) is 5.91 Å². The fourth-order valence-corrected chi connectivity index (χ4v) is 2.23. The van der Waals surface area contributed by atoms with Gasteiger partial charge in [-0.3, -0.25) is 4.79 Å². The minimum atomic E-state index is -0.104. The number of halogens is 2. The number of benzene rings is 1. The maximum absolute atomic E-state index is 11.8. The average molecular weight is 298 g/mol. The van der Waals surface area contributed by atoms with Crippen molar-refractivity contribution in [2.45, 2.75) is 19.8 Å². The van der Waals surface area contributed by atoms with Gasteiger partial charge in [-0.2, -0.15) is 0 Å². The molecule has 2 aromatic rings. The number of anilines is 1. The van der Waals surface area contributed by atoms with Gasteiger partial charge in [-0.15, -0.1) is 0 Å². The minimum Gasteiger partial charge on any atom is -0.466 e. The van der Waals surface area contributed by atoms with Gasteiger partial charge in [0.25, 0.3) is 0 Å². The van der Waals surface area contributed by atoms with E-state index in [9.17, 15) is 4.79 Å². The van der Waals surface area contributed by atoms with Crippen LogP contribution in [0.2, 0.25) is 10.0 Å². The fourth-order valence-electron chi connectivity index (χ4n) is 1.71. The maximum Gasteiger partial charge on any atom is 0.224 e. The van der Waals surface area contributed by atoms with Gasteiger partial charge in [-0.05, 0) is 37.3 Å².